The van der Waals surface area contributed by atoms with E-state index in [1.54, 1.807) is 42.5 Å². The van der Waals surface area contributed by atoms with Gasteiger partial charge in [0.25, 0.3) is 0 Å². The van der Waals surface area contributed by atoms with Crippen molar-refractivity contribution in [1.29, 1.82) is 0 Å². The van der Waals surface area contributed by atoms with E-state index in [0.29, 0.717) is 49.0 Å². The van der Waals surface area contributed by atoms with Gasteiger partial charge < -0.3 is 19.7 Å². The average Bonchev–Trinajstić information content (AvgIpc) is 2.86. The molecule has 0 fully saturated rings. The molecule has 36 heavy (non-hydrogen) atoms. The summed E-state index contributed by atoms with van der Waals surface area (Å²) in [4.78, 5) is 36.0. The third-order valence-corrected chi connectivity index (χ3v) is 6.40. The maximum Gasteiger partial charge on any atom is 0.336 e. The molecule has 0 atom stereocenters. The molecular formula is C29H16O7. The van der Waals surface area contributed by atoms with Crippen LogP contribution in [0.25, 0.3) is 54.6 Å². The number of aromatic hydroxyl groups is 1. The Morgan fingerprint density at radius 3 is 1.89 bits per heavy atom. The number of carboxylic acids is 2. The second kappa shape index (κ2) is 7.68. The minimum absolute atomic E-state index is 0.0559. The van der Waals surface area contributed by atoms with E-state index in [0.717, 1.165) is 0 Å². The molecule has 0 aliphatic carbocycles. The molecule has 1 aromatic heterocycles. The third kappa shape index (κ3) is 3.18. The summed E-state index contributed by atoms with van der Waals surface area (Å²) in [6.07, 6.45) is 0. The number of phenolic OH excluding ortho intramolecular Hbond substituents is 1. The zero-order valence-electron chi connectivity index (χ0n) is 18.5. The predicted octanol–water partition coefficient (Wildman–Crippen LogP) is 6.02. The smallest absolute Gasteiger partial charge is 0.336 e. The minimum atomic E-state index is -1.20. The number of carboxylic acid groups (broad SMARTS) is 2. The SMILES string of the molecule is O=C(O)c1ccc(C(=O)O)c(-c2c3ccc4cc(O)ccc4c3oc3c2ccc2cc(=O)ccc23)c1. The van der Waals surface area contributed by atoms with Gasteiger partial charge in [0, 0.05) is 27.1 Å². The van der Waals surface area contributed by atoms with Crippen molar-refractivity contribution >= 4 is 55.4 Å². The van der Waals surface area contributed by atoms with Gasteiger partial charge in [0.2, 0.25) is 0 Å². The molecule has 7 nitrogen and oxygen atoms in total. The van der Waals surface area contributed by atoms with Crippen molar-refractivity contribution in [2.75, 3.05) is 0 Å². The number of rotatable bonds is 3. The third-order valence-electron chi connectivity index (χ3n) is 6.40. The van der Waals surface area contributed by atoms with Gasteiger partial charge in [-0.15, -0.1) is 0 Å². The highest BCUT2D eigenvalue weighted by atomic mass is 16.4. The van der Waals surface area contributed by atoms with E-state index < -0.39 is 11.9 Å². The molecule has 0 unspecified atom stereocenters. The first-order chi connectivity index (χ1) is 17.3. The molecule has 0 saturated heterocycles. The first-order valence-electron chi connectivity index (χ1n) is 11.0. The van der Waals surface area contributed by atoms with Crippen LogP contribution < -0.4 is 5.43 Å². The molecule has 174 valence electrons. The van der Waals surface area contributed by atoms with Gasteiger partial charge >= 0.3 is 11.9 Å². The van der Waals surface area contributed by atoms with Crippen molar-refractivity contribution in [2.24, 2.45) is 0 Å². The van der Waals surface area contributed by atoms with Crippen molar-refractivity contribution in [3.8, 4) is 16.9 Å². The number of aromatic carboxylic acids is 2. The van der Waals surface area contributed by atoms with Gasteiger partial charge in [-0.05, 0) is 83.1 Å². The molecule has 7 heteroatoms. The number of carbonyl (C=O) groups is 2. The van der Waals surface area contributed by atoms with Crippen LogP contribution in [0.3, 0.4) is 0 Å². The van der Waals surface area contributed by atoms with E-state index in [2.05, 4.69) is 0 Å². The number of fused-ring (bicyclic) bond motifs is 6. The fourth-order valence-corrected chi connectivity index (χ4v) is 4.79. The molecule has 6 rings (SSSR count). The van der Waals surface area contributed by atoms with Gasteiger partial charge in [0.05, 0.1) is 11.1 Å². The maximum absolute atomic E-state index is 12.2. The highest BCUT2D eigenvalue weighted by molar-refractivity contribution is 6.21. The first-order valence-corrected chi connectivity index (χ1v) is 11.0. The quantitative estimate of drug-likeness (QED) is 0.211. The Labute approximate surface area is 202 Å². The Bertz CT molecular complexity index is 1980. The number of benzene rings is 5. The predicted molar refractivity (Wildman–Crippen MR) is 136 cm³/mol. The van der Waals surface area contributed by atoms with E-state index in [1.807, 2.05) is 0 Å². The standard InChI is InChI=1S/C29H16O7/c30-17-4-9-19-14(11-17)1-7-22-25(24-13-16(28(32)33)3-6-21(24)29(34)35)23-8-2-15-12-18(31)5-10-20(15)27(23)36-26(19)22/h1-13,30H,(H,32,33)(H,34,35). The highest BCUT2D eigenvalue weighted by Crippen LogP contribution is 2.43. The van der Waals surface area contributed by atoms with Gasteiger partial charge in [-0.3, -0.25) is 4.79 Å². The lowest BCUT2D eigenvalue weighted by Gasteiger charge is -2.16. The second-order valence-electron chi connectivity index (χ2n) is 8.52. The molecule has 0 amide bonds. The molecule has 1 heterocycles. The average molecular weight is 476 g/mol. The number of hydrogen-bond acceptors (Lipinski definition) is 5. The lowest BCUT2D eigenvalue weighted by atomic mass is 9.90. The van der Waals surface area contributed by atoms with Crippen LogP contribution in [-0.4, -0.2) is 27.3 Å². The van der Waals surface area contributed by atoms with Gasteiger partial charge in [-0.2, -0.15) is 0 Å². The zero-order valence-corrected chi connectivity index (χ0v) is 18.5. The lowest BCUT2D eigenvalue weighted by molar-refractivity contribution is 0.0682. The Morgan fingerprint density at radius 2 is 1.25 bits per heavy atom. The van der Waals surface area contributed by atoms with Crippen LogP contribution in [0.5, 0.6) is 5.75 Å². The summed E-state index contributed by atoms with van der Waals surface area (Å²) in [5.41, 5.74) is 1.31. The van der Waals surface area contributed by atoms with E-state index in [-0.39, 0.29) is 27.9 Å². The van der Waals surface area contributed by atoms with E-state index in [4.69, 9.17) is 4.42 Å². The van der Waals surface area contributed by atoms with E-state index in [1.165, 1.54) is 36.4 Å². The van der Waals surface area contributed by atoms with Crippen molar-refractivity contribution in [1.82, 2.24) is 0 Å². The monoisotopic (exact) mass is 476 g/mol. The number of hydrogen-bond donors (Lipinski definition) is 3. The van der Waals surface area contributed by atoms with Crippen LogP contribution >= 0.6 is 0 Å². The fraction of sp³-hybridized carbons (Fsp3) is 0. The van der Waals surface area contributed by atoms with Gasteiger partial charge in [-0.1, -0.05) is 12.1 Å². The summed E-state index contributed by atoms with van der Waals surface area (Å²) in [6, 6.07) is 20.3. The summed E-state index contributed by atoms with van der Waals surface area (Å²) >= 11 is 0. The molecule has 0 aliphatic rings. The zero-order chi connectivity index (χ0) is 25.1. The fourth-order valence-electron chi connectivity index (χ4n) is 4.79. The van der Waals surface area contributed by atoms with Crippen LogP contribution in [0.15, 0.2) is 88.1 Å². The summed E-state index contributed by atoms with van der Waals surface area (Å²) in [5.74, 6) is -2.30. The largest absolute Gasteiger partial charge is 0.508 e. The topological polar surface area (TPSA) is 125 Å². The molecular weight excluding hydrogens is 460 g/mol. The number of phenols is 1. The maximum atomic E-state index is 12.2. The second-order valence-corrected chi connectivity index (χ2v) is 8.52. The highest BCUT2D eigenvalue weighted by Gasteiger charge is 2.22. The lowest BCUT2D eigenvalue weighted by Crippen LogP contribution is -2.04. The van der Waals surface area contributed by atoms with Crippen molar-refractivity contribution in [3.05, 3.63) is 100 Å². The Hall–Kier alpha value is -5.17. The Morgan fingerprint density at radius 1 is 0.639 bits per heavy atom. The van der Waals surface area contributed by atoms with Gasteiger partial charge in [0.15, 0.2) is 5.43 Å². The van der Waals surface area contributed by atoms with Crippen LogP contribution in [0.2, 0.25) is 0 Å². The minimum Gasteiger partial charge on any atom is -0.508 e. The molecule has 0 spiro atoms. The Balaban J connectivity index is 1.89. The van der Waals surface area contributed by atoms with Crippen LogP contribution in [0.4, 0.5) is 0 Å². The van der Waals surface area contributed by atoms with Crippen LogP contribution in [0, 0.1) is 0 Å². The van der Waals surface area contributed by atoms with Gasteiger partial charge in [-0.25, -0.2) is 9.59 Å². The van der Waals surface area contributed by atoms with Crippen LogP contribution in [0.1, 0.15) is 20.7 Å². The molecule has 0 aliphatic heterocycles. The molecule has 0 bridgehead atoms. The molecule has 5 aromatic carbocycles. The van der Waals surface area contributed by atoms with Crippen molar-refractivity contribution in [3.63, 3.8) is 0 Å². The Kier molecular flexibility index (Phi) is 4.56. The first kappa shape index (κ1) is 21.4. The van der Waals surface area contributed by atoms with Crippen LogP contribution in [-0.2, 0) is 0 Å². The van der Waals surface area contributed by atoms with Crippen molar-refractivity contribution in [2.45, 2.75) is 0 Å². The summed E-state index contributed by atoms with van der Waals surface area (Å²) in [7, 11) is 0. The van der Waals surface area contributed by atoms with E-state index >= 15 is 0 Å². The molecule has 6 aromatic rings. The molecule has 3 N–H and O–H groups in total. The summed E-state index contributed by atoms with van der Waals surface area (Å²) in [6.45, 7) is 0. The van der Waals surface area contributed by atoms with Gasteiger partial charge in [0.1, 0.15) is 16.9 Å². The molecule has 0 radical (unpaired) electrons. The normalized spacial score (nSPS) is 11.4. The van der Waals surface area contributed by atoms with E-state index in [9.17, 15) is 29.7 Å². The summed E-state index contributed by atoms with van der Waals surface area (Å²) < 4.78 is 6.45. The van der Waals surface area contributed by atoms with Crippen molar-refractivity contribution < 1.29 is 29.3 Å². The summed E-state index contributed by atoms with van der Waals surface area (Å²) in [5, 5.41) is 33.4. The molecule has 0 saturated carbocycles.